The van der Waals surface area contributed by atoms with E-state index in [1.807, 2.05) is 0 Å². The maximum Gasteiger partial charge on any atom is 0.0897 e. The lowest BCUT2D eigenvalue weighted by molar-refractivity contribution is 0.133. The van der Waals surface area contributed by atoms with E-state index in [4.69, 9.17) is 5.11 Å². The quantitative estimate of drug-likeness (QED) is 0.634. The number of hydrogen-bond acceptors (Lipinski definition) is 2. The van der Waals surface area contributed by atoms with Gasteiger partial charge in [-0.15, -0.1) is 0 Å². The summed E-state index contributed by atoms with van der Waals surface area (Å²) < 4.78 is 12.0. The molecule has 0 saturated carbocycles. The first kappa shape index (κ1) is 8.94. The van der Waals surface area contributed by atoms with E-state index in [9.17, 15) is 4.39 Å². The molecule has 0 spiro atoms. The number of nitrogens with one attached hydrogen (secondary N) is 1. The highest BCUT2D eigenvalue weighted by Gasteiger charge is 2.23. The van der Waals surface area contributed by atoms with Crippen LogP contribution in [0.5, 0.6) is 0 Å². The lowest BCUT2D eigenvalue weighted by Crippen LogP contribution is -2.38. The first-order chi connectivity index (χ1) is 5.38. The smallest absolute Gasteiger partial charge is 0.0897 e. The van der Waals surface area contributed by atoms with Gasteiger partial charge in [0.05, 0.1) is 6.67 Å². The van der Waals surface area contributed by atoms with Crippen LogP contribution in [0.15, 0.2) is 0 Å². The van der Waals surface area contributed by atoms with E-state index in [1.54, 1.807) is 0 Å². The van der Waals surface area contributed by atoms with Gasteiger partial charge in [0.25, 0.3) is 0 Å². The molecule has 1 heterocycles. The normalized spacial score (nSPS) is 32.2. The van der Waals surface area contributed by atoms with E-state index < -0.39 is 0 Å². The zero-order valence-corrected chi connectivity index (χ0v) is 6.72. The van der Waals surface area contributed by atoms with Crippen LogP contribution in [0.2, 0.25) is 0 Å². The average Bonchev–Trinajstić information content (AvgIpc) is 2.06. The largest absolute Gasteiger partial charge is 0.396 e. The molecule has 1 aliphatic rings. The SMILES string of the molecule is OCC1CCNCC1CCF. The van der Waals surface area contributed by atoms with Gasteiger partial charge in [-0.3, -0.25) is 4.39 Å². The molecule has 0 aromatic rings. The molecule has 2 nitrogen and oxygen atoms in total. The van der Waals surface area contributed by atoms with Gasteiger partial charge >= 0.3 is 0 Å². The fraction of sp³-hybridized carbons (Fsp3) is 1.00. The maximum atomic E-state index is 12.0. The third-order valence-corrected chi connectivity index (χ3v) is 2.48. The Morgan fingerprint density at radius 2 is 2.27 bits per heavy atom. The Hall–Kier alpha value is -0.150. The van der Waals surface area contributed by atoms with Crippen molar-refractivity contribution in [3.8, 4) is 0 Å². The van der Waals surface area contributed by atoms with E-state index >= 15 is 0 Å². The highest BCUT2D eigenvalue weighted by molar-refractivity contribution is 4.77. The van der Waals surface area contributed by atoms with Crippen LogP contribution in [0.3, 0.4) is 0 Å². The van der Waals surface area contributed by atoms with E-state index in [1.165, 1.54) is 0 Å². The molecule has 66 valence electrons. The van der Waals surface area contributed by atoms with Crippen molar-refractivity contribution in [3.63, 3.8) is 0 Å². The second-order valence-electron chi connectivity index (χ2n) is 3.17. The maximum absolute atomic E-state index is 12.0. The van der Waals surface area contributed by atoms with Crippen LogP contribution in [0.25, 0.3) is 0 Å². The topological polar surface area (TPSA) is 32.3 Å². The minimum absolute atomic E-state index is 0.215. The zero-order valence-electron chi connectivity index (χ0n) is 6.72. The minimum Gasteiger partial charge on any atom is -0.396 e. The van der Waals surface area contributed by atoms with Crippen LogP contribution >= 0.6 is 0 Å². The van der Waals surface area contributed by atoms with Crippen LogP contribution in [-0.2, 0) is 0 Å². The zero-order chi connectivity index (χ0) is 8.10. The summed E-state index contributed by atoms with van der Waals surface area (Å²) in [5, 5.41) is 12.1. The highest BCUT2D eigenvalue weighted by Crippen LogP contribution is 2.21. The fourth-order valence-corrected chi connectivity index (χ4v) is 1.70. The number of alkyl halides is 1. The summed E-state index contributed by atoms with van der Waals surface area (Å²) in [7, 11) is 0. The van der Waals surface area contributed by atoms with Crippen molar-refractivity contribution < 1.29 is 9.50 Å². The number of halogens is 1. The number of rotatable bonds is 3. The Labute approximate surface area is 66.8 Å². The van der Waals surface area contributed by atoms with Gasteiger partial charge in [-0.25, -0.2) is 0 Å². The van der Waals surface area contributed by atoms with Crippen molar-refractivity contribution >= 4 is 0 Å². The van der Waals surface area contributed by atoms with Crippen LogP contribution < -0.4 is 5.32 Å². The molecule has 1 saturated heterocycles. The molecule has 0 amide bonds. The van der Waals surface area contributed by atoms with Crippen molar-refractivity contribution in [2.75, 3.05) is 26.4 Å². The third-order valence-electron chi connectivity index (χ3n) is 2.48. The van der Waals surface area contributed by atoms with Gasteiger partial charge in [-0.05, 0) is 37.8 Å². The molecule has 2 atom stereocenters. The van der Waals surface area contributed by atoms with Crippen molar-refractivity contribution in [2.45, 2.75) is 12.8 Å². The first-order valence-electron chi connectivity index (χ1n) is 4.26. The lowest BCUT2D eigenvalue weighted by atomic mass is 9.85. The van der Waals surface area contributed by atoms with Gasteiger partial charge in [0.1, 0.15) is 0 Å². The van der Waals surface area contributed by atoms with Crippen molar-refractivity contribution in [1.29, 1.82) is 0 Å². The van der Waals surface area contributed by atoms with E-state index in [-0.39, 0.29) is 13.3 Å². The van der Waals surface area contributed by atoms with Crippen LogP contribution in [-0.4, -0.2) is 31.5 Å². The third kappa shape index (κ3) is 2.42. The summed E-state index contributed by atoms with van der Waals surface area (Å²) in [6, 6.07) is 0. The van der Waals surface area contributed by atoms with E-state index in [0.29, 0.717) is 18.3 Å². The summed E-state index contributed by atoms with van der Waals surface area (Å²) in [5.74, 6) is 0.672. The Bertz CT molecular complexity index is 108. The number of aliphatic hydroxyl groups excluding tert-OH is 1. The van der Waals surface area contributed by atoms with Crippen molar-refractivity contribution in [2.24, 2.45) is 11.8 Å². The van der Waals surface area contributed by atoms with Crippen molar-refractivity contribution in [3.05, 3.63) is 0 Å². The molecule has 0 aromatic heterocycles. The molecule has 1 fully saturated rings. The summed E-state index contributed by atoms with van der Waals surface area (Å²) in [6.07, 6.45) is 1.58. The molecular weight excluding hydrogens is 145 g/mol. The summed E-state index contributed by atoms with van der Waals surface area (Å²) in [6.45, 7) is 1.79. The number of piperidine rings is 1. The summed E-state index contributed by atoms with van der Waals surface area (Å²) in [5.41, 5.74) is 0. The molecule has 2 N–H and O–H groups in total. The van der Waals surface area contributed by atoms with Gasteiger partial charge in [0.15, 0.2) is 0 Å². The molecule has 2 unspecified atom stereocenters. The van der Waals surface area contributed by atoms with Crippen LogP contribution in [0.1, 0.15) is 12.8 Å². The molecule has 0 aliphatic carbocycles. The molecule has 1 aliphatic heterocycles. The predicted octanol–water partition coefficient (Wildman–Crippen LogP) is 0.564. The molecule has 11 heavy (non-hydrogen) atoms. The molecule has 0 aromatic carbocycles. The summed E-state index contributed by atoms with van der Waals surface area (Å²) in [4.78, 5) is 0. The van der Waals surface area contributed by atoms with Gasteiger partial charge in [0.2, 0.25) is 0 Å². The van der Waals surface area contributed by atoms with Crippen LogP contribution in [0.4, 0.5) is 4.39 Å². The number of hydrogen-bond donors (Lipinski definition) is 2. The predicted molar refractivity (Wildman–Crippen MR) is 42.1 cm³/mol. The second-order valence-corrected chi connectivity index (χ2v) is 3.17. The highest BCUT2D eigenvalue weighted by atomic mass is 19.1. The molecule has 3 heteroatoms. The first-order valence-corrected chi connectivity index (χ1v) is 4.26. The van der Waals surface area contributed by atoms with E-state index in [0.717, 1.165) is 19.5 Å². The Balaban J connectivity index is 2.31. The Kier molecular flexibility index (Phi) is 3.80. The lowest BCUT2D eigenvalue weighted by Gasteiger charge is -2.30. The van der Waals surface area contributed by atoms with Gasteiger partial charge in [-0.2, -0.15) is 0 Å². The Morgan fingerprint density at radius 1 is 1.45 bits per heavy atom. The average molecular weight is 161 g/mol. The van der Waals surface area contributed by atoms with Gasteiger partial charge in [0, 0.05) is 6.61 Å². The Morgan fingerprint density at radius 3 is 2.91 bits per heavy atom. The fourth-order valence-electron chi connectivity index (χ4n) is 1.70. The van der Waals surface area contributed by atoms with Crippen molar-refractivity contribution in [1.82, 2.24) is 5.32 Å². The molecule has 1 rings (SSSR count). The summed E-state index contributed by atoms with van der Waals surface area (Å²) >= 11 is 0. The standard InChI is InChI=1S/C8H16FNO/c9-3-1-7-5-10-4-2-8(7)6-11/h7-8,10-11H,1-6H2. The molecular formula is C8H16FNO. The van der Waals surface area contributed by atoms with Gasteiger partial charge in [-0.1, -0.05) is 0 Å². The van der Waals surface area contributed by atoms with E-state index in [2.05, 4.69) is 5.32 Å². The number of aliphatic hydroxyl groups is 1. The minimum atomic E-state index is -0.261. The van der Waals surface area contributed by atoms with Crippen LogP contribution in [0, 0.1) is 11.8 Å². The monoisotopic (exact) mass is 161 g/mol. The molecule has 0 radical (unpaired) electrons. The molecule has 0 bridgehead atoms. The van der Waals surface area contributed by atoms with Gasteiger partial charge < -0.3 is 10.4 Å². The second kappa shape index (κ2) is 4.67.